The van der Waals surface area contributed by atoms with Gasteiger partial charge in [0.15, 0.2) is 0 Å². The lowest BCUT2D eigenvalue weighted by molar-refractivity contribution is 0.0601. The Balaban J connectivity index is 2.01. The number of thiazole rings is 1. The molecule has 0 bridgehead atoms. The fourth-order valence-corrected chi connectivity index (χ4v) is 2.80. The summed E-state index contributed by atoms with van der Waals surface area (Å²) >= 11 is 1.41. The molecule has 0 aliphatic carbocycles. The van der Waals surface area contributed by atoms with Crippen LogP contribution in [0.5, 0.6) is 0 Å². The fourth-order valence-electron chi connectivity index (χ4n) is 1.99. The van der Waals surface area contributed by atoms with Crippen LogP contribution in [0.15, 0.2) is 48.0 Å². The van der Waals surface area contributed by atoms with Crippen molar-refractivity contribution in [2.24, 2.45) is 0 Å². The van der Waals surface area contributed by atoms with Crippen molar-refractivity contribution in [1.82, 2.24) is 9.97 Å². The zero-order chi connectivity index (χ0) is 15.5. The first-order valence-corrected chi connectivity index (χ1v) is 7.32. The number of hydrogen-bond acceptors (Lipinski definition) is 5. The molecule has 4 nitrogen and oxygen atoms in total. The predicted molar refractivity (Wildman–Crippen MR) is 82.1 cm³/mol. The van der Waals surface area contributed by atoms with Crippen LogP contribution in [0.25, 0.3) is 22.0 Å². The molecule has 0 saturated carbocycles. The van der Waals surface area contributed by atoms with Gasteiger partial charge < -0.3 is 4.74 Å². The molecule has 3 aromatic rings. The van der Waals surface area contributed by atoms with E-state index < -0.39 is 5.97 Å². The number of aromatic nitrogens is 2. The maximum atomic E-state index is 13.0. The summed E-state index contributed by atoms with van der Waals surface area (Å²) in [6.45, 7) is 0. The molecule has 0 fully saturated rings. The molecule has 1 aromatic carbocycles. The number of pyridine rings is 1. The first-order chi connectivity index (χ1) is 10.7. The van der Waals surface area contributed by atoms with E-state index >= 15 is 0 Å². The molecule has 22 heavy (non-hydrogen) atoms. The minimum Gasteiger partial charge on any atom is -0.465 e. The van der Waals surface area contributed by atoms with Crippen molar-refractivity contribution in [3.63, 3.8) is 0 Å². The summed E-state index contributed by atoms with van der Waals surface area (Å²) in [6, 6.07) is 9.41. The number of halogens is 1. The maximum Gasteiger partial charge on any atom is 0.340 e. The van der Waals surface area contributed by atoms with Crippen LogP contribution in [0.4, 0.5) is 4.39 Å². The predicted octanol–water partition coefficient (Wildman–Crippen LogP) is 3.80. The standard InChI is InChI=1S/C16H11FN2O2S/c1-21-16(20)12-3-2-8-18-14(12)13-9-22-15(19-13)10-4-6-11(17)7-5-10/h2-9H,1H3. The largest absolute Gasteiger partial charge is 0.465 e. The van der Waals surface area contributed by atoms with Crippen molar-refractivity contribution >= 4 is 17.3 Å². The van der Waals surface area contributed by atoms with E-state index in [1.807, 2.05) is 5.38 Å². The average molecular weight is 314 g/mol. The summed E-state index contributed by atoms with van der Waals surface area (Å²) < 4.78 is 17.7. The third-order valence-corrected chi connectivity index (χ3v) is 3.94. The number of methoxy groups -OCH3 is 1. The zero-order valence-electron chi connectivity index (χ0n) is 11.6. The normalized spacial score (nSPS) is 10.5. The summed E-state index contributed by atoms with van der Waals surface area (Å²) in [7, 11) is 1.32. The number of hydrogen-bond donors (Lipinski definition) is 0. The van der Waals surface area contributed by atoms with Crippen molar-refractivity contribution in [2.75, 3.05) is 7.11 Å². The van der Waals surface area contributed by atoms with Crippen LogP contribution in [0, 0.1) is 5.82 Å². The highest BCUT2D eigenvalue weighted by Crippen LogP contribution is 2.29. The van der Waals surface area contributed by atoms with E-state index in [4.69, 9.17) is 4.74 Å². The molecule has 2 heterocycles. The second kappa shape index (κ2) is 6.03. The van der Waals surface area contributed by atoms with E-state index in [2.05, 4.69) is 9.97 Å². The Bertz CT molecular complexity index is 815. The molecule has 0 N–H and O–H groups in total. The number of carbonyl (C=O) groups excluding carboxylic acids is 1. The van der Waals surface area contributed by atoms with Crippen molar-refractivity contribution in [3.05, 3.63) is 59.4 Å². The summed E-state index contributed by atoms with van der Waals surface area (Å²) in [4.78, 5) is 20.5. The first-order valence-electron chi connectivity index (χ1n) is 6.44. The number of esters is 1. The number of carbonyl (C=O) groups is 1. The van der Waals surface area contributed by atoms with E-state index in [0.29, 0.717) is 17.0 Å². The number of ether oxygens (including phenoxy) is 1. The van der Waals surface area contributed by atoms with Crippen molar-refractivity contribution < 1.29 is 13.9 Å². The molecule has 0 spiro atoms. The van der Waals surface area contributed by atoms with Crippen molar-refractivity contribution in [3.8, 4) is 22.0 Å². The van der Waals surface area contributed by atoms with Crippen LogP contribution in [0.1, 0.15) is 10.4 Å². The van der Waals surface area contributed by atoms with Crippen LogP contribution >= 0.6 is 11.3 Å². The lowest BCUT2D eigenvalue weighted by atomic mass is 10.1. The van der Waals surface area contributed by atoms with Gasteiger partial charge in [-0.05, 0) is 36.4 Å². The van der Waals surface area contributed by atoms with Crippen LogP contribution in [-0.4, -0.2) is 23.0 Å². The fraction of sp³-hybridized carbons (Fsp3) is 0.0625. The molecule has 6 heteroatoms. The number of nitrogens with zero attached hydrogens (tertiary/aromatic N) is 2. The Labute approximate surface area is 130 Å². The molecular formula is C16H11FN2O2S. The van der Waals surface area contributed by atoms with Crippen LogP contribution in [0.3, 0.4) is 0 Å². The van der Waals surface area contributed by atoms with Crippen molar-refractivity contribution in [1.29, 1.82) is 0 Å². The number of rotatable bonds is 3. The van der Waals surface area contributed by atoms with E-state index in [-0.39, 0.29) is 5.82 Å². The summed E-state index contributed by atoms with van der Waals surface area (Å²) in [6.07, 6.45) is 1.60. The van der Waals surface area contributed by atoms with E-state index in [1.54, 1.807) is 30.5 Å². The van der Waals surface area contributed by atoms with Crippen LogP contribution in [-0.2, 0) is 4.74 Å². The zero-order valence-corrected chi connectivity index (χ0v) is 12.4. The Hall–Kier alpha value is -2.60. The van der Waals surface area contributed by atoms with Gasteiger partial charge in [-0.25, -0.2) is 14.2 Å². The topological polar surface area (TPSA) is 52.1 Å². The Morgan fingerprint density at radius 2 is 2.00 bits per heavy atom. The van der Waals surface area contributed by atoms with E-state index in [0.717, 1.165) is 10.6 Å². The third-order valence-electron chi connectivity index (χ3n) is 3.05. The highest BCUT2D eigenvalue weighted by molar-refractivity contribution is 7.13. The SMILES string of the molecule is COC(=O)c1cccnc1-c1csc(-c2ccc(F)cc2)n1. The molecule has 0 aliphatic rings. The molecule has 0 aliphatic heterocycles. The molecule has 110 valence electrons. The molecule has 0 atom stereocenters. The quantitative estimate of drug-likeness (QED) is 0.690. The molecule has 0 unspecified atom stereocenters. The van der Waals surface area contributed by atoms with Gasteiger partial charge in [0.2, 0.25) is 0 Å². The molecule has 3 rings (SSSR count). The highest BCUT2D eigenvalue weighted by Gasteiger charge is 2.16. The number of benzene rings is 1. The monoisotopic (exact) mass is 314 g/mol. The molecule has 2 aromatic heterocycles. The lowest BCUT2D eigenvalue weighted by Crippen LogP contribution is -2.04. The van der Waals surface area contributed by atoms with Crippen molar-refractivity contribution in [2.45, 2.75) is 0 Å². The second-order valence-electron chi connectivity index (χ2n) is 4.44. The van der Waals surface area contributed by atoms with Gasteiger partial charge in [0.05, 0.1) is 12.7 Å². The van der Waals surface area contributed by atoms with Gasteiger partial charge in [-0.1, -0.05) is 0 Å². The first kappa shape index (κ1) is 14.3. The molecular weight excluding hydrogens is 303 g/mol. The van der Waals surface area contributed by atoms with Gasteiger partial charge in [0, 0.05) is 17.1 Å². The minimum absolute atomic E-state index is 0.293. The minimum atomic E-state index is -0.459. The van der Waals surface area contributed by atoms with Crippen LogP contribution in [0.2, 0.25) is 0 Å². The summed E-state index contributed by atoms with van der Waals surface area (Å²) in [5.41, 5.74) is 2.23. The molecule has 0 amide bonds. The second-order valence-corrected chi connectivity index (χ2v) is 5.29. The van der Waals surface area contributed by atoms with E-state index in [1.165, 1.54) is 30.6 Å². The van der Waals surface area contributed by atoms with Gasteiger partial charge >= 0.3 is 5.97 Å². The Morgan fingerprint density at radius 3 is 2.73 bits per heavy atom. The average Bonchev–Trinajstić information content (AvgIpc) is 3.04. The molecule has 0 radical (unpaired) electrons. The Morgan fingerprint density at radius 1 is 1.23 bits per heavy atom. The van der Waals surface area contributed by atoms with Crippen LogP contribution < -0.4 is 0 Å². The van der Waals surface area contributed by atoms with Gasteiger partial charge in [-0.3, -0.25) is 4.98 Å². The highest BCUT2D eigenvalue weighted by atomic mass is 32.1. The van der Waals surface area contributed by atoms with Gasteiger partial charge in [0.1, 0.15) is 22.2 Å². The third kappa shape index (κ3) is 2.73. The Kier molecular flexibility index (Phi) is 3.93. The lowest BCUT2D eigenvalue weighted by Gasteiger charge is -2.03. The van der Waals surface area contributed by atoms with Gasteiger partial charge in [-0.2, -0.15) is 0 Å². The summed E-state index contributed by atoms with van der Waals surface area (Å²) in [5, 5.41) is 2.55. The summed E-state index contributed by atoms with van der Waals surface area (Å²) in [5.74, 6) is -0.752. The molecule has 0 saturated heterocycles. The van der Waals surface area contributed by atoms with Gasteiger partial charge in [-0.15, -0.1) is 11.3 Å². The van der Waals surface area contributed by atoms with E-state index in [9.17, 15) is 9.18 Å². The maximum absolute atomic E-state index is 13.0. The smallest absolute Gasteiger partial charge is 0.340 e. The van der Waals surface area contributed by atoms with Gasteiger partial charge in [0.25, 0.3) is 0 Å².